The summed E-state index contributed by atoms with van der Waals surface area (Å²) in [5.41, 5.74) is 16.8. The summed E-state index contributed by atoms with van der Waals surface area (Å²) in [4.78, 5) is 24.7. The van der Waals surface area contributed by atoms with Crippen molar-refractivity contribution >= 4 is 46.1 Å². The summed E-state index contributed by atoms with van der Waals surface area (Å²) < 4.78 is 5.90. The second-order valence-corrected chi connectivity index (χ2v) is 9.88. The van der Waals surface area contributed by atoms with Gasteiger partial charge in [-0.2, -0.15) is 11.8 Å². The zero-order valence-electron chi connectivity index (χ0n) is 21.5. The number of carbonyl (C=O) groups excluding carboxylic acids is 1. The Kier molecular flexibility index (Phi) is 9.11. The van der Waals surface area contributed by atoms with Crippen LogP contribution in [0.5, 0.6) is 5.75 Å². The molecule has 1 aliphatic rings. The number of ether oxygens (including phenoxy) is 1. The third kappa shape index (κ3) is 6.98. The lowest BCUT2D eigenvalue weighted by atomic mass is 10.0. The minimum Gasteiger partial charge on any atom is -0.487 e. The lowest BCUT2D eigenvalue weighted by Gasteiger charge is -2.12. The highest BCUT2D eigenvalue weighted by molar-refractivity contribution is 7.99. The number of aromatic nitrogens is 2. The number of nitrogens with zero attached hydrogens (tertiary/aromatic N) is 3. The Morgan fingerprint density at radius 2 is 1.76 bits per heavy atom. The highest BCUT2D eigenvalue weighted by atomic mass is 32.2. The van der Waals surface area contributed by atoms with Gasteiger partial charge in [0.25, 0.3) is 5.91 Å². The summed E-state index contributed by atoms with van der Waals surface area (Å²) >= 11 is 1.99. The van der Waals surface area contributed by atoms with E-state index in [4.69, 9.17) is 16.2 Å². The molecule has 7 nitrogen and oxygen atoms in total. The Morgan fingerprint density at radius 3 is 2.37 bits per heavy atom. The maximum Gasteiger partial charge on any atom is 0.250 e. The zero-order valence-corrected chi connectivity index (χ0v) is 22.3. The van der Waals surface area contributed by atoms with Crippen molar-refractivity contribution in [3.8, 4) is 5.75 Å². The number of hydrogen-bond acceptors (Lipinski definition) is 7. The molecule has 5 rings (SSSR count). The predicted molar refractivity (Wildman–Crippen MR) is 157 cm³/mol. The minimum absolute atomic E-state index is 0.110. The normalized spacial score (nSPS) is 13.5. The Hall–Kier alpha value is -4.17. The number of benzene rings is 2. The average Bonchev–Trinajstić information content (AvgIpc) is 3.80. The lowest BCUT2D eigenvalue weighted by molar-refractivity contribution is 0.0997. The molecule has 0 saturated heterocycles. The maximum absolute atomic E-state index is 11.9. The third-order valence-corrected chi connectivity index (χ3v) is 7.14. The van der Waals surface area contributed by atoms with E-state index in [1.165, 1.54) is 12.8 Å². The molecule has 1 saturated carbocycles. The van der Waals surface area contributed by atoms with Crippen LogP contribution in [-0.4, -0.2) is 40.6 Å². The second kappa shape index (κ2) is 12.9. The molecule has 0 unspecified atom stereocenters. The second-order valence-electron chi connectivity index (χ2n) is 8.74. The molecule has 0 atom stereocenters. The van der Waals surface area contributed by atoms with E-state index in [1.54, 1.807) is 31.7 Å². The maximum atomic E-state index is 11.9. The Balaban J connectivity index is 0.000000603. The van der Waals surface area contributed by atoms with Crippen LogP contribution in [0, 0.1) is 0 Å². The van der Waals surface area contributed by atoms with Crippen molar-refractivity contribution in [2.45, 2.75) is 24.7 Å². The number of amides is 1. The number of primary amides is 1. The molecule has 8 heteroatoms. The fourth-order valence-corrected chi connectivity index (χ4v) is 4.39. The van der Waals surface area contributed by atoms with E-state index >= 15 is 0 Å². The minimum atomic E-state index is -0.540. The topological polar surface area (TPSA) is 116 Å². The number of thioether (sulfide) groups is 1. The van der Waals surface area contributed by atoms with Crippen LogP contribution in [0.3, 0.4) is 0 Å². The summed E-state index contributed by atoms with van der Waals surface area (Å²) in [5, 5.41) is 1.90. The van der Waals surface area contributed by atoms with Gasteiger partial charge >= 0.3 is 0 Å². The molecule has 2 heterocycles. The summed E-state index contributed by atoms with van der Waals surface area (Å²) in [6.45, 7) is 0.110. The third-order valence-electron chi connectivity index (χ3n) is 6.01. The number of aliphatic imine (C=N–C) groups is 1. The quantitative estimate of drug-likeness (QED) is 0.300. The first-order valence-electron chi connectivity index (χ1n) is 12.3. The number of hydrogen-bond donors (Lipinski definition) is 2. The molecule has 0 bridgehead atoms. The number of rotatable bonds is 8. The molecule has 2 aromatic carbocycles. The summed E-state index contributed by atoms with van der Waals surface area (Å²) in [6, 6.07) is 20.4. The number of allylic oxidation sites excluding steroid dienone is 1. The van der Waals surface area contributed by atoms with Crippen LogP contribution in [0.2, 0.25) is 0 Å². The first-order chi connectivity index (χ1) is 18.5. The number of pyridine rings is 2. The fourth-order valence-electron chi connectivity index (χ4n) is 3.78. The first-order valence-corrected chi connectivity index (χ1v) is 13.6. The Bertz CT molecular complexity index is 1450. The molecule has 194 valence electrons. The van der Waals surface area contributed by atoms with Gasteiger partial charge in [-0.15, -0.1) is 0 Å². The molecule has 38 heavy (non-hydrogen) atoms. The molecule has 1 amide bonds. The van der Waals surface area contributed by atoms with E-state index in [2.05, 4.69) is 21.2 Å². The molecule has 2 aromatic heterocycles. The molecular weight excluding hydrogens is 494 g/mol. The Morgan fingerprint density at radius 1 is 1.05 bits per heavy atom. The first kappa shape index (κ1) is 26.9. The SMILES string of the molecule is CN=C/C(=C(\N)c1ccc(OCc2nc3ccccc3cc2C(N)=O)cc1)c1ccncc1.CSC1CC1. The van der Waals surface area contributed by atoms with Gasteiger partial charge in [-0.05, 0) is 78.8 Å². The molecule has 0 aliphatic heterocycles. The van der Waals surface area contributed by atoms with Gasteiger partial charge in [-0.1, -0.05) is 18.2 Å². The van der Waals surface area contributed by atoms with E-state index in [1.807, 2.05) is 72.4 Å². The van der Waals surface area contributed by atoms with Crippen LogP contribution in [0.15, 0.2) is 84.1 Å². The monoisotopic (exact) mass is 525 g/mol. The van der Waals surface area contributed by atoms with Crippen LogP contribution in [0.1, 0.15) is 40.0 Å². The van der Waals surface area contributed by atoms with Crippen molar-refractivity contribution < 1.29 is 9.53 Å². The summed E-state index contributed by atoms with van der Waals surface area (Å²) in [6.07, 6.45) is 10.3. The molecule has 1 aliphatic carbocycles. The van der Waals surface area contributed by atoms with Gasteiger partial charge in [0.15, 0.2) is 0 Å². The molecule has 4 aromatic rings. The lowest BCUT2D eigenvalue weighted by Crippen LogP contribution is -2.16. The van der Waals surface area contributed by atoms with Crippen molar-refractivity contribution in [2.24, 2.45) is 16.5 Å². The number of nitrogens with two attached hydrogens (primary N) is 2. The summed E-state index contributed by atoms with van der Waals surface area (Å²) in [7, 11) is 1.70. The van der Waals surface area contributed by atoms with Crippen LogP contribution >= 0.6 is 11.8 Å². The van der Waals surface area contributed by atoms with Crippen molar-refractivity contribution in [1.29, 1.82) is 0 Å². The van der Waals surface area contributed by atoms with Crippen molar-refractivity contribution in [1.82, 2.24) is 9.97 Å². The van der Waals surface area contributed by atoms with Gasteiger partial charge in [-0.3, -0.25) is 14.8 Å². The number of carbonyl (C=O) groups is 1. The van der Waals surface area contributed by atoms with Crippen LogP contribution in [0.25, 0.3) is 22.2 Å². The molecule has 1 fully saturated rings. The largest absolute Gasteiger partial charge is 0.487 e. The van der Waals surface area contributed by atoms with Crippen LogP contribution in [0.4, 0.5) is 0 Å². The highest BCUT2D eigenvalue weighted by Crippen LogP contribution is 2.31. The van der Waals surface area contributed by atoms with Gasteiger partial charge in [0.05, 0.1) is 16.8 Å². The molecule has 4 N–H and O–H groups in total. The van der Waals surface area contributed by atoms with Gasteiger partial charge in [-0.25, -0.2) is 4.98 Å². The summed E-state index contributed by atoms with van der Waals surface area (Å²) in [5.74, 6) is 0.0768. The molecular formula is C30H31N5O2S. The van der Waals surface area contributed by atoms with E-state index in [0.29, 0.717) is 22.7 Å². The number of fused-ring (bicyclic) bond motifs is 1. The van der Waals surface area contributed by atoms with Crippen LogP contribution in [-0.2, 0) is 6.61 Å². The Labute approximate surface area is 227 Å². The van der Waals surface area contributed by atoms with E-state index in [9.17, 15) is 4.79 Å². The smallest absolute Gasteiger partial charge is 0.250 e. The highest BCUT2D eigenvalue weighted by Gasteiger charge is 2.18. The van der Waals surface area contributed by atoms with Gasteiger partial charge in [0.2, 0.25) is 0 Å². The van der Waals surface area contributed by atoms with Gasteiger partial charge < -0.3 is 16.2 Å². The van der Waals surface area contributed by atoms with Gasteiger partial charge in [0, 0.05) is 47.6 Å². The van der Waals surface area contributed by atoms with E-state index < -0.39 is 5.91 Å². The average molecular weight is 526 g/mol. The number of para-hydroxylation sites is 1. The van der Waals surface area contributed by atoms with E-state index in [0.717, 1.165) is 32.9 Å². The van der Waals surface area contributed by atoms with Crippen molar-refractivity contribution in [2.75, 3.05) is 13.3 Å². The zero-order chi connectivity index (χ0) is 26.9. The molecule has 0 spiro atoms. The van der Waals surface area contributed by atoms with Crippen molar-refractivity contribution in [3.63, 3.8) is 0 Å². The fraction of sp³-hybridized carbons (Fsp3) is 0.200. The standard InChI is InChI=1S/C26H23N5O2.C4H8S/c1-29-15-22(17-10-12-30-13-11-17)25(27)18-6-8-20(9-7-18)33-16-24-21(26(28)32)14-19-4-2-3-5-23(19)31-24;1-5-4-2-3-4/h2-15H,16,27H2,1H3,(H2,28,32);4H,2-3H2,1H3/b25-22+,29-15?;. The van der Waals surface area contributed by atoms with Crippen LogP contribution < -0.4 is 16.2 Å². The van der Waals surface area contributed by atoms with Crippen molar-refractivity contribution in [3.05, 3.63) is 102 Å². The van der Waals surface area contributed by atoms with E-state index in [-0.39, 0.29) is 6.61 Å². The van der Waals surface area contributed by atoms with Gasteiger partial charge in [0.1, 0.15) is 12.4 Å². The molecule has 0 radical (unpaired) electrons. The predicted octanol–water partition coefficient (Wildman–Crippen LogP) is 5.35.